The van der Waals surface area contributed by atoms with Gasteiger partial charge in [0.15, 0.2) is 0 Å². The van der Waals surface area contributed by atoms with E-state index in [2.05, 4.69) is 45.3 Å². The molecule has 1 unspecified atom stereocenters. The summed E-state index contributed by atoms with van der Waals surface area (Å²) in [5.41, 5.74) is 0.546. The van der Waals surface area contributed by atoms with Gasteiger partial charge in [-0.1, -0.05) is 42.6 Å². The van der Waals surface area contributed by atoms with E-state index in [0.29, 0.717) is 22.9 Å². The number of halogens is 1. The van der Waals surface area contributed by atoms with Crippen molar-refractivity contribution >= 4 is 21.8 Å². The van der Waals surface area contributed by atoms with Crippen molar-refractivity contribution in [2.24, 2.45) is 5.92 Å². The van der Waals surface area contributed by atoms with Crippen LogP contribution in [-0.2, 0) is 0 Å². The number of aromatic nitrogens is 2. The minimum Gasteiger partial charge on any atom is -0.351 e. The van der Waals surface area contributed by atoms with Gasteiger partial charge in [0.2, 0.25) is 0 Å². The summed E-state index contributed by atoms with van der Waals surface area (Å²) >= 11 is 3.62. The van der Waals surface area contributed by atoms with Crippen LogP contribution >= 0.6 is 15.9 Å². The van der Waals surface area contributed by atoms with Gasteiger partial charge in [-0.3, -0.25) is 4.79 Å². The minimum absolute atomic E-state index is 0.102. The molecule has 1 atom stereocenters. The molecule has 0 saturated heterocycles. The zero-order valence-electron chi connectivity index (χ0n) is 10.2. The van der Waals surface area contributed by atoms with E-state index in [1.54, 1.807) is 6.07 Å². The largest absolute Gasteiger partial charge is 0.351 e. The normalized spacial score (nSPS) is 12.5. The molecular formula is C12H18BrN3O. The van der Waals surface area contributed by atoms with Crippen LogP contribution in [0.5, 0.6) is 0 Å². The first-order valence-corrected chi connectivity index (χ1v) is 6.79. The number of rotatable bonds is 6. The second-order valence-corrected chi connectivity index (χ2v) is 5.11. The average molecular weight is 300 g/mol. The fourth-order valence-corrected chi connectivity index (χ4v) is 2.59. The van der Waals surface area contributed by atoms with Crippen molar-refractivity contribution in [2.45, 2.75) is 31.5 Å². The molecule has 5 heteroatoms. The van der Waals surface area contributed by atoms with Crippen LogP contribution in [0.25, 0.3) is 0 Å². The standard InChI is InChI=1S/C12H18BrN3O/c1-3-9(4-2)11(13)8-14-12(17)10-5-6-15-16-7-10/h5-7,9,11H,3-4,8H2,1-2H3,(H,14,17). The van der Waals surface area contributed by atoms with Gasteiger partial charge in [-0.05, 0) is 12.0 Å². The van der Waals surface area contributed by atoms with E-state index in [0.717, 1.165) is 12.8 Å². The molecule has 1 heterocycles. The highest BCUT2D eigenvalue weighted by molar-refractivity contribution is 9.09. The van der Waals surface area contributed by atoms with Crippen LogP contribution in [0.3, 0.4) is 0 Å². The summed E-state index contributed by atoms with van der Waals surface area (Å²) in [7, 11) is 0. The lowest BCUT2D eigenvalue weighted by Gasteiger charge is -2.19. The van der Waals surface area contributed by atoms with E-state index in [1.165, 1.54) is 12.4 Å². The summed E-state index contributed by atoms with van der Waals surface area (Å²) in [5, 5.41) is 10.2. The van der Waals surface area contributed by atoms with E-state index in [-0.39, 0.29) is 5.91 Å². The topological polar surface area (TPSA) is 54.9 Å². The second kappa shape index (κ2) is 7.37. The van der Waals surface area contributed by atoms with Crippen LogP contribution < -0.4 is 5.32 Å². The Hall–Kier alpha value is -0.970. The third-order valence-corrected chi connectivity index (χ3v) is 3.94. The molecule has 1 aromatic heterocycles. The van der Waals surface area contributed by atoms with Crippen molar-refractivity contribution in [1.82, 2.24) is 15.5 Å². The molecule has 17 heavy (non-hydrogen) atoms. The van der Waals surface area contributed by atoms with E-state index < -0.39 is 0 Å². The highest BCUT2D eigenvalue weighted by Crippen LogP contribution is 2.19. The van der Waals surface area contributed by atoms with E-state index in [4.69, 9.17) is 0 Å². The molecule has 0 saturated carbocycles. The number of hydrogen-bond donors (Lipinski definition) is 1. The first-order chi connectivity index (χ1) is 8.19. The van der Waals surface area contributed by atoms with Crippen molar-refractivity contribution in [2.75, 3.05) is 6.54 Å². The highest BCUT2D eigenvalue weighted by Gasteiger charge is 2.16. The van der Waals surface area contributed by atoms with Crippen LogP contribution in [0.4, 0.5) is 0 Å². The Labute approximate surface area is 110 Å². The van der Waals surface area contributed by atoms with Crippen LogP contribution in [0.1, 0.15) is 37.0 Å². The van der Waals surface area contributed by atoms with Crippen molar-refractivity contribution in [3.05, 3.63) is 24.0 Å². The molecule has 0 aliphatic heterocycles. The predicted molar refractivity (Wildman–Crippen MR) is 71.2 cm³/mol. The quantitative estimate of drug-likeness (QED) is 0.821. The van der Waals surface area contributed by atoms with Gasteiger partial charge in [0.1, 0.15) is 0 Å². The van der Waals surface area contributed by atoms with Gasteiger partial charge in [0, 0.05) is 11.4 Å². The van der Waals surface area contributed by atoms with E-state index in [9.17, 15) is 4.79 Å². The summed E-state index contributed by atoms with van der Waals surface area (Å²) in [6.45, 7) is 4.96. The van der Waals surface area contributed by atoms with Gasteiger partial charge in [-0.2, -0.15) is 10.2 Å². The first kappa shape index (κ1) is 14.1. The Morgan fingerprint density at radius 3 is 2.65 bits per heavy atom. The number of hydrogen-bond acceptors (Lipinski definition) is 3. The smallest absolute Gasteiger partial charge is 0.253 e. The molecule has 0 bridgehead atoms. The third-order valence-electron chi connectivity index (χ3n) is 2.86. The SMILES string of the molecule is CCC(CC)C(Br)CNC(=O)c1ccnnc1. The molecule has 94 valence electrons. The van der Waals surface area contributed by atoms with Gasteiger partial charge in [0.05, 0.1) is 18.0 Å². The highest BCUT2D eigenvalue weighted by atomic mass is 79.9. The van der Waals surface area contributed by atoms with Gasteiger partial charge in [-0.25, -0.2) is 0 Å². The van der Waals surface area contributed by atoms with Crippen LogP contribution in [0, 0.1) is 5.92 Å². The van der Waals surface area contributed by atoms with Crippen molar-refractivity contribution < 1.29 is 4.79 Å². The summed E-state index contributed by atoms with van der Waals surface area (Å²) in [6, 6.07) is 1.66. The predicted octanol–water partition coefficient (Wildman–Crippen LogP) is 2.41. The van der Waals surface area contributed by atoms with Gasteiger partial charge in [0.25, 0.3) is 5.91 Å². The molecule has 0 radical (unpaired) electrons. The Morgan fingerprint density at radius 2 is 2.12 bits per heavy atom. The summed E-state index contributed by atoms with van der Waals surface area (Å²) in [6.07, 6.45) is 5.20. The van der Waals surface area contributed by atoms with Gasteiger partial charge in [-0.15, -0.1) is 0 Å². The minimum atomic E-state index is -0.102. The number of nitrogens with zero attached hydrogens (tertiary/aromatic N) is 2. The molecule has 1 rings (SSSR count). The summed E-state index contributed by atoms with van der Waals surface area (Å²) in [4.78, 5) is 12.1. The number of carbonyl (C=O) groups is 1. The molecule has 1 N–H and O–H groups in total. The fraction of sp³-hybridized carbons (Fsp3) is 0.583. The number of amides is 1. The zero-order valence-corrected chi connectivity index (χ0v) is 11.8. The molecule has 4 nitrogen and oxygen atoms in total. The van der Waals surface area contributed by atoms with Gasteiger partial charge < -0.3 is 5.32 Å². The lowest BCUT2D eigenvalue weighted by molar-refractivity contribution is 0.0951. The maximum Gasteiger partial charge on any atom is 0.253 e. The maximum atomic E-state index is 11.7. The summed E-state index contributed by atoms with van der Waals surface area (Å²) < 4.78 is 0. The third kappa shape index (κ3) is 4.42. The van der Waals surface area contributed by atoms with Gasteiger partial charge >= 0.3 is 0 Å². The van der Waals surface area contributed by atoms with Crippen LogP contribution in [-0.4, -0.2) is 27.5 Å². The van der Waals surface area contributed by atoms with Crippen molar-refractivity contribution in [3.63, 3.8) is 0 Å². The molecule has 0 spiro atoms. The average Bonchev–Trinajstić information content (AvgIpc) is 2.38. The molecule has 0 aliphatic carbocycles. The van der Waals surface area contributed by atoms with Crippen LogP contribution in [0.2, 0.25) is 0 Å². The van der Waals surface area contributed by atoms with Crippen molar-refractivity contribution in [1.29, 1.82) is 0 Å². The maximum absolute atomic E-state index is 11.7. The lowest BCUT2D eigenvalue weighted by Crippen LogP contribution is -2.33. The molecule has 0 aliphatic rings. The Kier molecular flexibility index (Phi) is 6.11. The monoisotopic (exact) mass is 299 g/mol. The second-order valence-electron chi connectivity index (χ2n) is 3.93. The Balaban J connectivity index is 2.43. The zero-order chi connectivity index (χ0) is 12.7. The number of alkyl halides is 1. The lowest BCUT2D eigenvalue weighted by atomic mass is 9.99. The Morgan fingerprint density at radius 1 is 1.41 bits per heavy atom. The van der Waals surface area contributed by atoms with Crippen LogP contribution in [0.15, 0.2) is 18.5 Å². The fourth-order valence-electron chi connectivity index (χ4n) is 1.68. The number of carbonyl (C=O) groups excluding carboxylic acids is 1. The summed E-state index contributed by atoms with van der Waals surface area (Å²) in [5.74, 6) is 0.487. The molecule has 1 amide bonds. The first-order valence-electron chi connectivity index (χ1n) is 5.88. The molecule has 0 aromatic carbocycles. The van der Waals surface area contributed by atoms with Crippen molar-refractivity contribution in [3.8, 4) is 0 Å². The van der Waals surface area contributed by atoms with E-state index >= 15 is 0 Å². The number of nitrogens with one attached hydrogen (secondary N) is 1. The molecule has 1 aromatic rings. The molecular weight excluding hydrogens is 282 g/mol. The van der Waals surface area contributed by atoms with E-state index in [1.807, 2.05) is 0 Å². The Bertz CT molecular complexity index is 341. The molecule has 0 fully saturated rings.